The Morgan fingerprint density at radius 3 is 1.69 bits per heavy atom. The maximum Gasteiger partial charge on any atom is 0.307 e. The van der Waals surface area contributed by atoms with Crippen molar-refractivity contribution in [2.75, 3.05) is 0 Å². The molecule has 86 valence electrons. The van der Waals surface area contributed by atoms with Crippen molar-refractivity contribution in [3.63, 3.8) is 0 Å². The second kappa shape index (κ2) is 6.30. The van der Waals surface area contributed by atoms with Gasteiger partial charge in [0, 0.05) is 9.85 Å². The second-order valence-corrected chi connectivity index (χ2v) is 3.17. The van der Waals surface area contributed by atoms with Crippen LogP contribution in [0.4, 0.5) is 0 Å². The average molecular weight is 226 g/mol. The Labute approximate surface area is 91.4 Å². The van der Waals surface area contributed by atoms with E-state index in [9.17, 15) is 20.2 Å². The molecule has 0 aromatic heterocycles. The molecule has 0 saturated carbocycles. The highest BCUT2D eigenvalue weighted by atomic mass is 16.6. The molecule has 16 heavy (non-hydrogen) atoms. The van der Waals surface area contributed by atoms with E-state index >= 15 is 0 Å². The molecule has 0 amide bonds. The van der Waals surface area contributed by atoms with Gasteiger partial charge in [0.15, 0.2) is 0 Å². The van der Waals surface area contributed by atoms with Gasteiger partial charge in [0.1, 0.15) is 18.1 Å². The predicted octanol–water partition coefficient (Wildman–Crippen LogP) is 0.740. The molecule has 0 heterocycles. The molecule has 0 fully saturated rings. The summed E-state index contributed by atoms with van der Waals surface area (Å²) < 4.78 is 0. The van der Waals surface area contributed by atoms with Crippen LogP contribution < -0.4 is 0 Å². The molecule has 8 heteroatoms. The fourth-order valence-corrected chi connectivity index (χ4v) is 1.42. The van der Waals surface area contributed by atoms with Crippen molar-refractivity contribution < 1.29 is 9.85 Å². The largest absolute Gasteiger partial charge is 0.307 e. The monoisotopic (exact) mass is 226 g/mol. The van der Waals surface area contributed by atoms with Crippen LogP contribution >= 0.6 is 0 Å². The Kier molecular flexibility index (Phi) is 5.42. The van der Waals surface area contributed by atoms with Crippen LogP contribution in [-0.4, -0.2) is 21.9 Å². The van der Waals surface area contributed by atoms with Gasteiger partial charge in [-0.15, -0.1) is 0 Å². The Hall–Kier alpha value is -2.22. The number of hydrogen-bond donors (Lipinski definition) is 0. The predicted molar refractivity (Wildman–Crippen MR) is 51.2 cm³/mol. The summed E-state index contributed by atoms with van der Waals surface area (Å²) >= 11 is 0. The molecule has 0 aliphatic rings. The lowest BCUT2D eigenvalue weighted by Crippen LogP contribution is -2.39. The first-order valence-electron chi connectivity index (χ1n) is 4.55. The summed E-state index contributed by atoms with van der Waals surface area (Å²) in [6.07, 6.45) is 0.529. The van der Waals surface area contributed by atoms with E-state index in [0.717, 1.165) is 0 Å². The molecule has 0 radical (unpaired) electrons. The number of nitrogens with zero attached hydrogens (tertiary/aromatic N) is 4. The van der Waals surface area contributed by atoms with Gasteiger partial charge in [-0.1, -0.05) is 13.3 Å². The van der Waals surface area contributed by atoms with Crippen LogP contribution in [0.15, 0.2) is 0 Å². The SMILES string of the molecule is CCCC([C@H](C#N)[N+](=O)[O-])[C@H](C#N)[N+](=O)[O-]. The van der Waals surface area contributed by atoms with Crippen molar-refractivity contribution in [1.82, 2.24) is 0 Å². The minimum atomic E-state index is -1.71. The number of nitriles is 2. The molecule has 0 rings (SSSR count). The van der Waals surface area contributed by atoms with Crippen LogP contribution in [0, 0.1) is 48.8 Å². The van der Waals surface area contributed by atoms with Crippen LogP contribution in [0.2, 0.25) is 0 Å². The van der Waals surface area contributed by atoms with Crippen molar-refractivity contribution in [3.8, 4) is 12.1 Å². The Morgan fingerprint density at radius 2 is 1.50 bits per heavy atom. The van der Waals surface area contributed by atoms with Crippen LogP contribution in [0.5, 0.6) is 0 Å². The van der Waals surface area contributed by atoms with Crippen molar-refractivity contribution in [2.24, 2.45) is 5.92 Å². The first-order chi connectivity index (χ1) is 7.49. The number of rotatable bonds is 6. The first-order valence-corrected chi connectivity index (χ1v) is 4.55. The van der Waals surface area contributed by atoms with Crippen LogP contribution in [0.3, 0.4) is 0 Å². The van der Waals surface area contributed by atoms with E-state index in [0.29, 0.717) is 6.42 Å². The molecule has 0 aromatic rings. The minimum absolute atomic E-state index is 0.0956. The van der Waals surface area contributed by atoms with E-state index in [2.05, 4.69) is 0 Å². The zero-order chi connectivity index (χ0) is 12.7. The van der Waals surface area contributed by atoms with Gasteiger partial charge in [-0.05, 0) is 6.42 Å². The highest BCUT2D eigenvalue weighted by molar-refractivity contribution is 4.99. The summed E-state index contributed by atoms with van der Waals surface area (Å²) in [7, 11) is 0. The molecule has 0 aliphatic heterocycles. The lowest BCUT2D eigenvalue weighted by molar-refractivity contribution is -0.557. The standard InChI is InChI=1S/C8H10N4O4/c1-2-3-6(7(4-9)11(13)14)8(5-10)12(15)16/h6-8H,2-3H2,1H3/t7-,8-/m0/s1. The smallest absolute Gasteiger partial charge is 0.263 e. The fourth-order valence-electron chi connectivity index (χ4n) is 1.42. The van der Waals surface area contributed by atoms with Gasteiger partial charge in [0.25, 0.3) is 0 Å². The van der Waals surface area contributed by atoms with Crippen molar-refractivity contribution in [3.05, 3.63) is 20.2 Å². The van der Waals surface area contributed by atoms with Crippen molar-refractivity contribution in [2.45, 2.75) is 31.8 Å². The van der Waals surface area contributed by atoms with E-state index in [1.54, 1.807) is 6.92 Å². The summed E-state index contributed by atoms with van der Waals surface area (Å²) in [6, 6.07) is -0.623. The fraction of sp³-hybridized carbons (Fsp3) is 0.750. The van der Waals surface area contributed by atoms with E-state index in [-0.39, 0.29) is 6.42 Å². The molecule has 0 unspecified atom stereocenters. The first kappa shape index (κ1) is 13.8. The van der Waals surface area contributed by atoms with Gasteiger partial charge in [-0.2, -0.15) is 10.5 Å². The summed E-state index contributed by atoms with van der Waals surface area (Å²) in [5.41, 5.74) is 0. The van der Waals surface area contributed by atoms with Gasteiger partial charge in [0.05, 0.1) is 0 Å². The van der Waals surface area contributed by atoms with E-state index in [4.69, 9.17) is 10.5 Å². The average Bonchev–Trinajstić information content (AvgIpc) is 2.18. The second-order valence-electron chi connectivity index (χ2n) is 3.17. The van der Waals surface area contributed by atoms with Gasteiger partial charge < -0.3 is 0 Å². The molecule has 0 aromatic carbocycles. The Morgan fingerprint density at radius 1 is 1.12 bits per heavy atom. The third-order valence-electron chi connectivity index (χ3n) is 2.15. The molecule has 0 bridgehead atoms. The van der Waals surface area contributed by atoms with E-state index in [1.807, 2.05) is 0 Å². The van der Waals surface area contributed by atoms with Crippen LogP contribution in [0.25, 0.3) is 0 Å². The minimum Gasteiger partial charge on any atom is -0.263 e. The normalized spacial score (nSPS) is 13.5. The van der Waals surface area contributed by atoms with Crippen molar-refractivity contribution >= 4 is 0 Å². The summed E-state index contributed by atoms with van der Waals surface area (Å²) in [5.74, 6) is -1.18. The van der Waals surface area contributed by atoms with Crippen LogP contribution in [0.1, 0.15) is 19.8 Å². The Bertz CT molecular complexity index is 324. The zero-order valence-corrected chi connectivity index (χ0v) is 8.57. The zero-order valence-electron chi connectivity index (χ0n) is 8.57. The van der Waals surface area contributed by atoms with E-state index < -0.39 is 27.8 Å². The van der Waals surface area contributed by atoms with Gasteiger partial charge in [0.2, 0.25) is 0 Å². The molecule has 0 aliphatic carbocycles. The molecule has 0 N–H and O–H groups in total. The topological polar surface area (TPSA) is 134 Å². The molecule has 0 spiro atoms. The van der Waals surface area contributed by atoms with Crippen molar-refractivity contribution in [1.29, 1.82) is 10.5 Å². The molecule has 2 atom stereocenters. The summed E-state index contributed by atoms with van der Waals surface area (Å²) in [6.45, 7) is 1.68. The highest BCUT2D eigenvalue weighted by Gasteiger charge is 2.43. The lowest BCUT2D eigenvalue weighted by atomic mass is 9.89. The maximum atomic E-state index is 10.5. The highest BCUT2D eigenvalue weighted by Crippen LogP contribution is 2.20. The van der Waals surface area contributed by atoms with Gasteiger partial charge in [-0.25, -0.2) is 0 Å². The molecule has 8 nitrogen and oxygen atoms in total. The summed E-state index contributed by atoms with van der Waals surface area (Å²) in [5, 5.41) is 38.3. The third kappa shape index (κ3) is 3.17. The molecule has 0 saturated heterocycles. The summed E-state index contributed by atoms with van der Waals surface area (Å²) in [4.78, 5) is 19.3. The lowest BCUT2D eigenvalue weighted by Gasteiger charge is -2.14. The van der Waals surface area contributed by atoms with E-state index in [1.165, 1.54) is 12.1 Å². The quantitative estimate of drug-likeness (QED) is 0.484. The van der Waals surface area contributed by atoms with Crippen LogP contribution in [-0.2, 0) is 0 Å². The number of hydrogen-bond acceptors (Lipinski definition) is 6. The molecular weight excluding hydrogens is 216 g/mol. The van der Waals surface area contributed by atoms with Gasteiger partial charge in [-0.3, -0.25) is 20.2 Å². The Balaban J connectivity index is 5.13. The maximum absolute atomic E-state index is 10.5. The third-order valence-corrected chi connectivity index (χ3v) is 2.15. The molecular formula is C8H10N4O4. The van der Waals surface area contributed by atoms with Gasteiger partial charge >= 0.3 is 12.1 Å². The number of nitro groups is 2.